The van der Waals surface area contributed by atoms with Crippen molar-refractivity contribution in [1.29, 1.82) is 0 Å². The zero-order valence-electron chi connectivity index (χ0n) is 16.3. The van der Waals surface area contributed by atoms with Gasteiger partial charge in [-0.15, -0.1) is 40.6 Å². The van der Waals surface area contributed by atoms with E-state index < -0.39 is 0 Å². The molecule has 30 heavy (non-hydrogen) atoms. The molecule has 0 fully saturated rings. The zero-order valence-corrected chi connectivity index (χ0v) is 19.1. The van der Waals surface area contributed by atoms with Gasteiger partial charge >= 0.3 is 21.2 Å². The predicted molar refractivity (Wildman–Crippen MR) is 118 cm³/mol. The summed E-state index contributed by atoms with van der Waals surface area (Å²) in [6, 6.07) is 37.3. The number of halogens is 2. The van der Waals surface area contributed by atoms with Crippen molar-refractivity contribution in [3.05, 3.63) is 114 Å². The summed E-state index contributed by atoms with van der Waals surface area (Å²) >= 11 is 2.38. The van der Waals surface area contributed by atoms with Crippen molar-refractivity contribution in [1.82, 2.24) is 0 Å². The summed E-state index contributed by atoms with van der Waals surface area (Å²) in [6.45, 7) is 0. The first-order chi connectivity index (χ1) is 13.9. The molecule has 5 aromatic carbocycles. The van der Waals surface area contributed by atoms with E-state index in [1.165, 1.54) is 43.8 Å². The van der Waals surface area contributed by atoms with Gasteiger partial charge < -0.3 is 24.8 Å². The van der Waals surface area contributed by atoms with Gasteiger partial charge in [0.25, 0.3) is 0 Å². The summed E-state index contributed by atoms with van der Waals surface area (Å²) in [5.41, 5.74) is 5.67. The third-order valence-electron chi connectivity index (χ3n) is 5.16. The molecule has 0 spiro atoms. The van der Waals surface area contributed by atoms with Gasteiger partial charge in [0.1, 0.15) is 0 Å². The third kappa shape index (κ3) is 4.41. The standard InChI is InChI=1S/C21H13.C5H5.CH2.2ClH.Cr/c1-2-8-15-14(7-1)13-20-18-11-4-3-9-16(18)17-10-5-6-12-19(17)21(15)20;1-2-4-5-3-1;;;;/h1-10,12H,13H2;1-5H;1H2;2*1H;/q2*-1;;;;/p-2. The molecule has 0 radical (unpaired) electrons. The van der Waals surface area contributed by atoms with Crippen molar-refractivity contribution in [2.24, 2.45) is 0 Å². The molecule has 1 aliphatic rings. The molecule has 0 aromatic heterocycles. The zero-order chi connectivity index (χ0) is 19.3. The first-order valence-corrected chi connectivity index (χ1v) is 10.2. The Kier molecular flexibility index (Phi) is 8.97. The maximum atomic E-state index is 3.48. The molecule has 0 saturated heterocycles. The number of rotatable bonds is 0. The summed E-state index contributed by atoms with van der Waals surface area (Å²) in [5, 5.41) is 8.42. The third-order valence-corrected chi connectivity index (χ3v) is 5.16. The molecular weight excluding hydrogens is 447 g/mol. The Morgan fingerprint density at radius 1 is 0.733 bits per heavy atom. The van der Waals surface area contributed by atoms with Gasteiger partial charge in [-0.05, 0) is 28.5 Å². The van der Waals surface area contributed by atoms with E-state index in [1.54, 1.807) is 0 Å². The molecule has 0 amide bonds. The fraction of sp³-hybridized carbons (Fsp3) is 0.0370. The predicted octanol–water partition coefficient (Wildman–Crippen LogP) is 0.743. The van der Waals surface area contributed by atoms with E-state index in [-0.39, 0.29) is 24.8 Å². The van der Waals surface area contributed by atoms with Gasteiger partial charge in [-0.3, -0.25) is 0 Å². The van der Waals surface area contributed by atoms with Crippen LogP contribution in [0.3, 0.4) is 0 Å². The van der Waals surface area contributed by atoms with Crippen molar-refractivity contribution >= 4 is 26.9 Å². The van der Waals surface area contributed by atoms with Crippen LogP contribution in [-0.4, -0.2) is 5.39 Å². The van der Waals surface area contributed by atoms with Crippen LogP contribution in [0.5, 0.6) is 0 Å². The SMILES string of the molecule is [CH2]=[Cr].[Cl-].[Cl-].[c-]1cccc2c1c1c(c3ccccc32)-c2ccccc2C1.c1cc[cH-]c1. The molecule has 0 aliphatic heterocycles. The Morgan fingerprint density at radius 2 is 1.37 bits per heavy atom. The number of fused-ring (bicyclic) bond motifs is 8. The molecule has 0 nitrogen and oxygen atoms in total. The van der Waals surface area contributed by atoms with Crippen LogP contribution in [-0.2, 0) is 22.3 Å². The van der Waals surface area contributed by atoms with E-state index in [0.717, 1.165) is 6.42 Å². The van der Waals surface area contributed by atoms with E-state index in [0.29, 0.717) is 0 Å². The number of benzene rings is 4. The molecule has 0 unspecified atom stereocenters. The van der Waals surface area contributed by atoms with Gasteiger partial charge in [0, 0.05) is 0 Å². The molecule has 0 atom stereocenters. The van der Waals surface area contributed by atoms with Crippen LogP contribution in [0, 0.1) is 6.07 Å². The molecule has 0 N–H and O–H groups in total. The second kappa shape index (κ2) is 11.2. The minimum atomic E-state index is 0. The number of hydrogen-bond acceptors (Lipinski definition) is 0. The molecule has 6 rings (SSSR count). The quantitative estimate of drug-likeness (QED) is 0.229. The van der Waals surface area contributed by atoms with Gasteiger partial charge in [-0.1, -0.05) is 53.9 Å². The maximum Gasteiger partial charge on any atom is -0.0240 e. The van der Waals surface area contributed by atoms with Crippen molar-refractivity contribution in [3.63, 3.8) is 0 Å². The van der Waals surface area contributed by atoms with Crippen LogP contribution < -0.4 is 24.8 Å². The first-order valence-electron chi connectivity index (χ1n) is 9.31. The van der Waals surface area contributed by atoms with Crippen molar-refractivity contribution < 1.29 is 40.7 Å². The topological polar surface area (TPSA) is 0 Å². The summed E-state index contributed by atoms with van der Waals surface area (Å²) in [6.07, 6.45) is 1.02. The molecule has 1 aliphatic carbocycles. The van der Waals surface area contributed by atoms with Crippen LogP contribution in [0.4, 0.5) is 0 Å². The van der Waals surface area contributed by atoms with Gasteiger partial charge in [-0.2, -0.15) is 18.2 Å². The van der Waals surface area contributed by atoms with E-state index in [2.05, 4.69) is 88.0 Å². The Balaban J connectivity index is 0.000000311. The van der Waals surface area contributed by atoms with Crippen LogP contribution in [0.15, 0.2) is 97.1 Å². The molecule has 152 valence electrons. The molecule has 0 bridgehead atoms. The fourth-order valence-electron chi connectivity index (χ4n) is 4.05. The van der Waals surface area contributed by atoms with Crippen molar-refractivity contribution in [2.45, 2.75) is 6.42 Å². The summed E-state index contributed by atoms with van der Waals surface area (Å²) in [4.78, 5) is 0. The number of hydrogen-bond donors (Lipinski definition) is 0. The molecule has 5 aromatic rings. The monoisotopic (exact) mass is 466 g/mol. The van der Waals surface area contributed by atoms with E-state index >= 15 is 0 Å². The first kappa shape index (κ1) is 24.0. The average molecular weight is 467 g/mol. The smallest absolute Gasteiger partial charge is 0.0240 e. The van der Waals surface area contributed by atoms with E-state index in [9.17, 15) is 0 Å². The molecule has 0 saturated carbocycles. The normalized spacial score (nSPS) is 10.3. The van der Waals surface area contributed by atoms with Crippen LogP contribution in [0.25, 0.3) is 32.7 Å². The summed E-state index contributed by atoms with van der Waals surface area (Å²) in [5.74, 6) is 0. The van der Waals surface area contributed by atoms with Gasteiger partial charge in [0.05, 0.1) is 0 Å². The van der Waals surface area contributed by atoms with E-state index in [4.69, 9.17) is 0 Å². The van der Waals surface area contributed by atoms with Gasteiger partial charge in [0.2, 0.25) is 0 Å². The van der Waals surface area contributed by atoms with Gasteiger partial charge in [-0.25, -0.2) is 12.1 Å². The van der Waals surface area contributed by atoms with Crippen LogP contribution in [0.1, 0.15) is 11.1 Å². The molecular formula is C27H20Cl2Cr-4. The Hall–Kier alpha value is -2.27. The molecule has 3 heteroatoms. The average Bonchev–Trinajstić information content (AvgIpc) is 3.47. The Labute approximate surface area is 198 Å². The van der Waals surface area contributed by atoms with Crippen LogP contribution in [0.2, 0.25) is 0 Å². The summed E-state index contributed by atoms with van der Waals surface area (Å²) in [7, 11) is 0. The largest absolute Gasteiger partial charge is 1.00 e. The Morgan fingerprint density at radius 3 is 2.07 bits per heavy atom. The van der Waals surface area contributed by atoms with Gasteiger partial charge in [0.15, 0.2) is 0 Å². The second-order valence-corrected chi connectivity index (χ2v) is 6.65. The minimum Gasteiger partial charge on any atom is -1.00 e. The van der Waals surface area contributed by atoms with Crippen molar-refractivity contribution in [2.75, 3.05) is 0 Å². The van der Waals surface area contributed by atoms with Crippen molar-refractivity contribution in [3.8, 4) is 11.1 Å². The minimum absolute atomic E-state index is 0. The van der Waals surface area contributed by atoms with E-state index in [1.807, 2.05) is 36.4 Å². The Bertz CT molecular complexity index is 1210. The fourth-order valence-corrected chi connectivity index (χ4v) is 4.05. The summed E-state index contributed by atoms with van der Waals surface area (Å²) < 4.78 is 0. The maximum absolute atomic E-state index is 3.48. The molecule has 0 heterocycles. The van der Waals surface area contributed by atoms with Crippen LogP contribution >= 0.6 is 0 Å². The second-order valence-electron chi connectivity index (χ2n) is 6.65.